The molecule has 0 aromatic carbocycles. The number of likely N-dealkylation sites (tertiary alicyclic amines) is 1. The van der Waals surface area contributed by atoms with Crippen molar-refractivity contribution in [3.63, 3.8) is 0 Å². The normalized spacial score (nSPS) is 25.1. The molecule has 2 rings (SSSR count). The van der Waals surface area contributed by atoms with E-state index in [9.17, 15) is 9.59 Å². The third kappa shape index (κ3) is 3.51. The van der Waals surface area contributed by atoms with Gasteiger partial charge in [0.1, 0.15) is 0 Å². The van der Waals surface area contributed by atoms with Crippen molar-refractivity contribution < 1.29 is 19.4 Å². The fourth-order valence-electron chi connectivity index (χ4n) is 3.32. The first-order valence-corrected chi connectivity index (χ1v) is 7.63. The number of rotatable bonds is 6. The molecule has 1 saturated carbocycles. The second-order valence-electron chi connectivity index (χ2n) is 6.09. The van der Waals surface area contributed by atoms with Crippen molar-refractivity contribution in [1.29, 1.82) is 0 Å². The average molecular weight is 283 g/mol. The van der Waals surface area contributed by atoms with Gasteiger partial charge in [-0.2, -0.15) is 0 Å². The minimum atomic E-state index is -0.782. The molecule has 0 bridgehead atoms. The van der Waals surface area contributed by atoms with Crippen LogP contribution >= 0.6 is 0 Å². The largest absolute Gasteiger partial charge is 0.481 e. The summed E-state index contributed by atoms with van der Waals surface area (Å²) in [6.07, 6.45) is 7.26. The Balaban J connectivity index is 1.92. The second-order valence-corrected chi connectivity index (χ2v) is 6.09. The number of aliphatic carboxylic acids is 1. The van der Waals surface area contributed by atoms with E-state index in [4.69, 9.17) is 9.84 Å². The number of methoxy groups -OCH3 is 1. The van der Waals surface area contributed by atoms with Gasteiger partial charge in [0.15, 0.2) is 0 Å². The molecule has 1 aliphatic carbocycles. The van der Waals surface area contributed by atoms with E-state index in [0.29, 0.717) is 12.8 Å². The van der Waals surface area contributed by atoms with Crippen LogP contribution in [0.5, 0.6) is 0 Å². The Bertz CT molecular complexity index is 359. The number of hydrogen-bond acceptors (Lipinski definition) is 3. The van der Waals surface area contributed by atoms with Gasteiger partial charge in [-0.3, -0.25) is 9.59 Å². The molecule has 1 unspecified atom stereocenters. The van der Waals surface area contributed by atoms with Gasteiger partial charge in [-0.25, -0.2) is 0 Å². The predicted octanol–water partition coefficient (Wildman–Crippen LogP) is 2.19. The smallest absolute Gasteiger partial charge is 0.303 e. The van der Waals surface area contributed by atoms with E-state index in [-0.39, 0.29) is 24.0 Å². The molecule has 1 amide bonds. The molecule has 20 heavy (non-hydrogen) atoms. The third-order valence-corrected chi connectivity index (χ3v) is 4.81. The Morgan fingerprint density at radius 1 is 1.30 bits per heavy atom. The van der Waals surface area contributed by atoms with Gasteiger partial charge in [-0.05, 0) is 44.9 Å². The molecule has 1 atom stereocenters. The predicted molar refractivity (Wildman–Crippen MR) is 74.4 cm³/mol. The maximum Gasteiger partial charge on any atom is 0.303 e. The number of hydrogen-bond donors (Lipinski definition) is 1. The van der Waals surface area contributed by atoms with E-state index < -0.39 is 5.97 Å². The molecular weight excluding hydrogens is 258 g/mol. The van der Waals surface area contributed by atoms with Crippen LogP contribution < -0.4 is 0 Å². The van der Waals surface area contributed by atoms with E-state index in [2.05, 4.69) is 0 Å². The molecule has 1 saturated heterocycles. The van der Waals surface area contributed by atoms with Crippen LogP contribution in [0.1, 0.15) is 57.8 Å². The van der Waals surface area contributed by atoms with Gasteiger partial charge in [0.25, 0.3) is 0 Å². The lowest BCUT2D eigenvalue weighted by Crippen LogP contribution is -2.49. The summed E-state index contributed by atoms with van der Waals surface area (Å²) in [4.78, 5) is 25.2. The van der Waals surface area contributed by atoms with Crippen molar-refractivity contribution in [1.82, 2.24) is 4.90 Å². The molecule has 2 fully saturated rings. The molecule has 0 aromatic heterocycles. The highest BCUT2D eigenvalue weighted by atomic mass is 16.5. The van der Waals surface area contributed by atoms with Crippen LogP contribution in [0, 0.1) is 0 Å². The van der Waals surface area contributed by atoms with Crippen LogP contribution in [-0.4, -0.2) is 47.2 Å². The first kappa shape index (κ1) is 15.3. The van der Waals surface area contributed by atoms with Crippen molar-refractivity contribution in [2.45, 2.75) is 69.4 Å². The monoisotopic (exact) mass is 283 g/mol. The van der Waals surface area contributed by atoms with E-state index in [1.165, 1.54) is 0 Å². The molecule has 0 spiro atoms. The Morgan fingerprint density at radius 2 is 2.05 bits per heavy atom. The zero-order valence-corrected chi connectivity index (χ0v) is 12.3. The molecule has 1 heterocycles. The zero-order valence-electron chi connectivity index (χ0n) is 12.3. The molecule has 1 N–H and O–H groups in total. The van der Waals surface area contributed by atoms with E-state index in [1.807, 2.05) is 4.90 Å². The Kier molecular flexibility index (Phi) is 5.02. The van der Waals surface area contributed by atoms with Gasteiger partial charge in [0.05, 0.1) is 12.0 Å². The lowest BCUT2D eigenvalue weighted by atomic mass is 9.77. The topological polar surface area (TPSA) is 66.8 Å². The quantitative estimate of drug-likeness (QED) is 0.811. The Hall–Kier alpha value is -1.10. The van der Waals surface area contributed by atoms with E-state index >= 15 is 0 Å². The van der Waals surface area contributed by atoms with Crippen molar-refractivity contribution in [2.24, 2.45) is 0 Å². The summed E-state index contributed by atoms with van der Waals surface area (Å²) in [6.45, 7) is 0.767. The number of amides is 1. The summed E-state index contributed by atoms with van der Waals surface area (Å²) < 4.78 is 5.53. The number of carboxylic acids is 1. The minimum Gasteiger partial charge on any atom is -0.481 e. The van der Waals surface area contributed by atoms with Gasteiger partial charge in [-0.15, -0.1) is 0 Å². The molecule has 1 aliphatic heterocycles. The van der Waals surface area contributed by atoms with Gasteiger partial charge < -0.3 is 14.7 Å². The number of carbonyl (C=O) groups is 2. The van der Waals surface area contributed by atoms with Crippen LogP contribution in [0.25, 0.3) is 0 Å². The van der Waals surface area contributed by atoms with Crippen molar-refractivity contribution >= 4 is 11.9 Å². The number of piperidine rings is 1. The number of carbonyl (C=O) groups excluding carboxylic acids is 1. The Morgan fingerprint density at radius 3 is 2.60 bits per heavy atom. The van der Waals surface area contributed by atoms with E-state index in [1.54, 1.807) is 7.11 Å². The van der Waals surface area contributed by atoms with Crippen LogP contribution in [0.3, 0.4) is 0 Å². The number of carboxylic acid groups (broad SMARTS) is 1. The first-order chi connectivity index (χ1) is 9.56. The summed E-state index contributed by atoms with van der Waals surface area (Å²) in [5, 5.41) is 8.82. The molecule has 5 heteroatoms. The number of nitrogens with zero attached hydrogens (tertiary/aromatic N) is 1. The fraction of sp³-hybridized carbons (Fsp3) is 0.867. The highest BCUT2D eigenvalue weighted by Crippen LogP contribution is 2.39. The van der Waals surface area contributed by atoms with E-state index in [0.717, 1.165) is 45.1 Å². The molecule has 2 aliphatic rings. The van der Waals surface area contributed by atoms with Crippen LogP contribution in [-0.2, 0) is 14.3 Å². The highest BCUT2D eigenvalue weighted by Gasteiger charge is 2.41. The second kappa shape index (κ2) is 6.57. The van der Waals surface area contributed by atoms with Gasteiger partial charge in [-0.1, -0.05) is 0 Å². The molecule has 114 valence electrons. The van der Waals surface area contributed by atoms with Gasteiger partial charge >= 0.3 is 5.97 Å². The van der Waals surface area contributed by atoms with Gasteiger partial charge in [0, 0.05) is 26.1 Å². The third-order valence-electron chi connectivity index (χ3n) is 4.81. The first-order valence-electron chi connectivity index (χ1n) is 7.63. The molecule has 0 aromatic rings. The van der Waals surface area contributed by atoms with Gasteiger partial charge in [0.2, 0.25) is 5.91 Å². The molecule has 0 radical (unpaired) electrons. The van der Waals surface area contributed by atoms with Crippen LogP contribution in [0.2, 0.25) is 0 Å². The van der Waals surface area contributed by atoms with Crippen molar-refractivity contribution in [3.8, 4) is 0 Å². The average Bonchev–Trinajstić information content (AvgIpc) is 2.40. The zero-order chi connectivity index (χ0) is 14.6. The maximum absolute atomic E-state index is 12.5. The summed E-state index contributed by atoms with van der Waals surface area (Å²) in [7, 11) is 1.69. The number of ether oxygens (including phenoxy) is 1. The summed E-state index contributed by atoms with van der Waals surface area (Å²) in [5.74, 6) is -0.642. The molecule has 5 nitrogen and oxygen atoms in total. The van der Waals surface area contributed by atoms with Crippen molar-refractivity contribution in [2.75, 3.05) is 13.7 Å². The fourth-order valence-corrected chi connectivity index (χ4v) is 3.32. The maximum atomic E-state index is 12.5. The SMILES string of the molecule is COC1(CC(=O)N2CCCCC2CCC(=O)O)CCC1. The Labute approximate surface area is 120 Å². The van der Waals surface area contributed by atoms with Crippen LogP contribution in [0.4, 0.5) is 0 Å². The highest BCUT2D eigenvalue weighted by molar-refractivity contribution is 5.78. The summed E-state index contributed by atoms with van der Waals surface area (Å²) in [5.41, 5.74) is -0.244. The molecular formula is C15H25NO4. The minimum absolute atomic E-state index is 0.0985. The lowest BCUT2D eigenvalue weighted by Gasteiger charge is -2.43. The lowest BCUT2D eigenvalue weighted by molar-refractivity contribution is -0.148. The summed E-state index contributed by atoms with van der Waals surface area (Å²) >= 11 is 0. The standard InChI is InChI=1S/C15H25NO4/c1-20-15(8-4-9-15)11-13(17)16-10-3-2-5-12(16)6-7-14(18)19/h12H,2-11H2,1H3,(H,18,19). The van der Waals surface area contributed by atoms with Crippen LogP contribution in [0.15, 0.2) is 0 Å². The van der Waals surface area contributed by atoms with Crippen molar-refractivity contribution in [3.05, 3.63) is 0 Å². The summed E-state index contributed by atoms with van der Waals surface area (Å²) in [6, 6.07) is 0.0985.